The number of tetrazole rings is 1. The molecule has 3 aromatic rings. The van der Waals surface area contributed by atoms with Crippen LogP contribution in [0, 0.1) is 12.8 Å². The van der Waals surface area contributed by atoms with Gasteiger partial charge >= 0.3 is 0 Å². The third-order valence-corrected chi connectivity index (χ3v) is 4.57. The molecule has 2 aromatic heterocycles. The maximum atomic E-state index is 12.6. The van der Waals surface area contributed by atoms with Gasteiger partial charge in [-0.3, -0.25) is 4.79 Å². The highest BCUT2D eigenvalue weighted by atomic mass is 16.5. The minimum atomic E-state index is -0.136. The molecule has 27 heavy (non-hydrogen) atoms. The minimum absolute atomic E-state index is 0.0655. The molecule has 0 spiro atoms. The lowest BCUT2D eigenvalue weighted by molar-refractivity contribution is 0.0924. The van der Waals surface area contributed by atoms with Crippen LogP contribution < -0.4 is 5.32 Å². The molecule has 4 rings (SSSR count). The van der Waals surface area contributed by atoms with Gasteiger partial charge in [0.05, 0.1) is 32.0 Å². The van der Waals surface area contributed by atoms with Crippen LogP contribution in [-0.4, -0.2) is 50.5 Å². The van der Waals surface area contributed by atoms with Crippen LogP contribution in [-0.2, 0) is 18.2 Å². The molecule has 0 aliphatic carbocycles. The lowest BCUT2D eigenvalue weighted by Gasteiger charge is -2.18. The fourth-order valence-electron chi connectivity index (χ4n) is 3.15. The molecule has 0 radical (unpaired) electrons. The van der Waals surface area contributed by atoms with Crippen LogP contribution in [0.1, 0.15) is 21.8 Å². The molecule has 0 unspecified atom stereocenters. The first-order valence-electron chi connectivity index (χ1n) is 8.74. The van der Waals surface area contributed by atoms with E-state index in [9.17, 15) is 4.79 Å². The molecule has 9 heteroatoms. The van der Waals surface area contributed by atoms with Crippen molar-refractivity contribution < 1.29 is 14.1 Å². The average Bonchev–Trinajstić information content (AvgIpc) is 3.38. The summed E-state index contributed by atoms with van der Waals surface area (Å²) in [6.45, 7) is 2.96. The molecule has 2 atom stereocenters. The molecular formula is C18H20N6O3. The third kappa shape index (κ3) is 3.87. The van der Waals surface area contributed by atoms with Gasteiger partial charge in [0, 0.05) is 29.5 Å². The van der Waals surface area contributed by atoms with E-state index in [1.807, 2.05) is 25.1 Å². The molecule has 1 aromatic carbocycles. The highest BCUT2D eigenvalue weighted by molar-refractivity contribution is 5.94. The Kier molecular flexibility index (Phi) is 4.68. The van der Waals surface area contributed by atoms with Crippen LogP contribution in [0.3, 0.4) is 0 Å². The molecule has 1 amide bonds. The number of carbonyl (C=O) groups excluding carboxylic acids is 1. The SMILES string of the molecule is Cc1cc(C[C@@H]2COC[C@@H]2NC(=O)c2ccc(-c3nnn(C)n3)cc2)on1. The number of benzene rings is 1. The van der Waals surface area contributed by atoms with Gasteiger partial charge in [0.1, 0.15) is 5.76 Å². The predicted molar refractivity (Wildman–Crippen MR) is 94.7 cm³/mol. The summed E-state index contributed by atoms with van der Waals surface area (Å²) in [6.07, 6.45) is 0.684. The monoisotopic (exact) mass is 368 g/mol. The van der Waals surface area contributed by atoms with Gasteiger partial charge in [-0.25, -0.2) is 0 Å². The largest absolute Gasteiger partial charge is 0.379 e. The van der Waals surface area contributed by atoms with E-state index in [1.165, 1.54) is 4.80 Å². The molecule has 0 saturated carbocycles. The van der Waals surface area contributed by atoms with Crippen molar-refractivity contribution in [3.8, 4) is 11.4 Å². The van der Waals surface area contributed by atoms with E-state index in [0.717, 1.165) is 17.0 Å². The number of ether oxygens (including phenoxy) is 1. The summed E-state index contributed by atoms with van der Waals surface area (Å²) in [5.41, 5.74) is 2.23. The van der Waals surface area contributed by atoms with Crippen molar-refractivity contribution in [2.24, 2.45) is 13.0 Å². The second-order valence-corrected chi connectivity index (χ2v) is 6.70. The Morgan fingerprint density at radius 3 is 2.78 bits per heavy atom. The van der Waals surface area contributed by atoms with Crippen molar-refractivity contribution in [2.45, 2.75) is 19.4 Å². The van der Waals surface area contributed by atoms with Crippen LogP contribution in [0.4, 0.5) is 0 Å². The number of nitrogens with one attached hydrogen (secondary N) is 1. The maximum absolute atomic E-state index is 12.6. The van der Waals surface area contributed by atoms with E-state index < -0.39 is 0 Å². The normalized spacial score (nSPS) is 19.3. The topological polar surface area (TPSA) is 108 Å². The lowest BCUT2D eigenvalue weighted by Crippen LogP contribution is -2.40. The van der Waals surface area contributed by atoms with Crippen LogP contribution in [0.15, 0.2) is 34.9 Å². The summed E-state index contributed by atoms with van der Waals surface area (Å²) in [7, 11) is 1.71. The van der Waals surface area contributed by atoms with E-state index in [-0.39, 0.29) is 17.9 Å². The van der Waals surface area contributed by atoms with Gasteiger partial charge in [-0.2, -0.15) is 4.80 Å². The summed E-state index contributed by atoms with van der Waals surface area (Å²) in [6, 6.07) is 8.98. The van der Waals surface area contributed by atoms with E-state index >= 15 is 0 Å². The molecule has 9 nitrogen and oxygen atoms in total. The van der Waals surface area contributed by atoms with E-state index in [4.69, 9.17) is 9.26 Å². The molecule has 3 heterocycles. The first-order valence-corrected chi connectivity index (χ1v) is 8.74. The average molecular weight is 368 g/mol. The summed E-state index contributed by atoms with van der Waals surface area (Å²) in [5.74, 6) is 1.35. The molecule has 1 aliphatic heterocycles. The van der Waals surface area contributed by atoms with Gasteiger partial charge in [-0.05, 0) is 24.3 Å². The zero-order chi connectivity index (χ0) is 18.8. The molecule has 140 valence electrons. The summed E-state index contributed by atoms with van der Waals surface area (Å²) in [5, 5.41) is 18.9. The second kappa shape index (κ2) is 7.28. The molecular weight excluding hydrogens is 348 g/mol. The first kappa shape index (κ1) is 17.3. The Morgan fingerprint density at radius 2 is 2.11 bits per heavy atom. The van der Waals surface area contributed by atoms with Crippen molar-refractivity contribution in [1.82, 2.24) is 30.7 Å². The highest BCUT2D eigenvalue weighted by Gasteiger charge is 2.31. The number of carbonyl (C=O) groups is 1. The molecule has 1 fully saturated rings. The molecule has 1 N–H and O–H groups in total. The number of aryl methyl sites for hydroxylation is 2. The van der Waals surface area contributed by atoms with Crippen molar-refractivity contribution in [1.29, 1.82) is 0 Å². The van der Waals surface area contributed by atoms with Gasteiger partial charge in [-0.15, -0.1) is 10.2 Å². The molecule has 1 saturated heterocycles. The van der Waals surface area contributed by atoms with Crippen LogP contribution >= 0.6 is 0 Å². The smallest absolute Gasteiger partial charge is 0.251 e. The quantitative estimate of drug-likeness (QED) is 0.720. The van der Waals surface area contributed by atoms with Crippen LogP contribution in [0.2, 0.25) is 0 Å². The maximum Gasteiger partial charge on any atom is 0.251 e. The summed E-state index contributed by atoms with van der Waals surface area (Å²) in [4.78, 5) is 14.0. The van der Waals surface area contributed by atoms with Crippen LogP contribution in [0.25, 0.3) is 11.4 Å². The lowest BCUT2D eigenvalue weighted by atomic mass is 9.97. The van der Waals surface area contributed by atoms with E-state index in [2.05, 4.69) is 25.9 Å². The minimum Gasteiger partial charge on any atom is -0.379 e. The third-order valence-electron chi connectivity index (χ3n) is 4.57. The summed E-state index contributed by atoms with van der Waals surface area (Å²) >= 11 is 0. The highest BCUT2D eigenvalue weighted by Crippen LogP contribution is 2.21. The Morgan fingerprint density at radius 1 is 1.30 bits per heavy atom. The van der Waals surface area contributed by atoms with Crippen molar-refractivity contribution >= 4 is 5.91 Å². The number of amides is 1. The molecule has 1 aliphatic rings. The Labute approximate surface area is 155 Å². The van der Waals surface area contributed by atoms with Crippen molar-refractivity contribution in [2.75, 3.05) is 13.2 Å². The van der Waals surface area contributed by atoms with Gasteiger partial charge in [0.2, 0.25) is 5.82 Å². The van der Waals surface area contributed by atoms with Crippen molar-refractivity contribution in [3.63, 3.8) is 0 Å². The molecule has 0 bridgehead atoms. The zero-order valence-corrected chi connectivity index (χ0v) is 15.1. The number of aromatic nitrogens is 5. The standard InChI is InChI=1S/C18H20N6O3/c1-11-7-15(27-22-11)8-14-9-26-10-16(14)19-18(25)13-5-3-12(4-6-13)17-20-23-24(2)21-17/h3-7,14,16H,8-10H2,1-2H3,(H,19,25)/t14-,16+/m1/s1. The fourth-order valence-corrected chi connectivity index (χ4v) is 3.15. The predicted octanol–water partition coefficient (Wildman–Crippen LogP) is 1.16. The van der Waals surface area contributed by atoms with Gasteiger partial charge in [0.15, 0.2) is 0 Å². The number of rotatable bonds is 5. The summed E-state index contributed by atoms with van der Waals surface area (Å²) < 4.78 is 10.8. The number of hydrogen-bond acceptors (Lipinski definition) is 7. The zero-order valence-electron chi connectivity index (χ0n) is 15.1. The first-order chi connectivity index (χ1) is 13.1. The van der Waals surface area contributed by atoms with Gasteiger partial charge in [-0.1, -0.05) is 17.3 Å². The number of hydrogen-bond donors (Lipinski definition) is 1. The Hall–Kier alpha value is -3.07. The van der Waals surface area contributed by atoms with Crippen LogP contribution in [0.5, 0.6) is 0 Å². The van der Waals surface area contributed by atoms with E-state index in [1.54, 1.807) is 19.2 Å². The Bertz CT molecular complexity index is 933. The second-order valence-electron chi connectivity index (χ2n) is 6.70. The Balaban J connectivity index is 1.40. The fraction of sp³-hybridized carbons (Fsp3) is 0.389. The van der Waals surface area contributed by atoms with E-state index in [0.29, 0.717) is 31.0 Å². The van der Waals surface area contributed by atoms with Gasteiger partial charge < -0.3 is 14.6 Å². The number of nitrogens with zero attached hydrogens (tertiary/aromatic N) is 5. The van der Waals surface area contributed by atoms with Crippen molar-refractivity contribution in [3.05, 3.63) is 47.3 Å². The van der Waals surface area contributed by atoms with Gasteiger partial charge in [0.25, 0.3) is 5.91 Å².